The molecule has 0 aliphatic rings. The lowest BCUT2D eigenvalue weighted by Crippen LogP contribution is -2.36. The van der Waals surface area contributed by atoms with Gasteiger partial charge in [0.25, 0.3) is 0 Å². The number of aliphatic carboxylic acids is 1. The van der Waals surface area contributed by atoms with E-state index >= 15 is 0 Å². The molecule has 1 amide bonds. The summed E-state index contributed by atoms with van der Waals surface area (Å²) in [5.74, 6) is -2.08. The highest BCUT2D eigenvalue weighted by Crippen LogP contribution is 2.33. The molecule has 8 heteroatoms. The minimum atomic E-state index is -1.02. The molecule has 1 atom stereocenters. The van der Waals surface area contributed by atoms with E-state index in [0.717, 1.165) is 10.4 Å². The van der Waals surface area contributed by atoms with Gasteiger partial charge in [-0.25, -0.2) is 4.79 Å². The average Bonchev–Trinajstić information content (AvgIpc) is 2.70. The van der Waals surface area contributed by atoms with Crippen LogP contribution in [0.25, 0.3) is 0 Å². The molecule has 0 saturated carbocycles. The number of esters is 1. The van der Waals surface area contributed by atoms with Crippen LogP contribution in [0.3, 0.4) is 0 Å². The number of hydrogen-bond donors (Lipinski definition) is 3. The molecule has 1 aromatic heterocycles. The van der Waals surface area contributed by atoms with Crippen LogP contribution in [0, 0.1) is 13.8 Å². The minimum Gasteiger partial charge on any atom is -0.481 e. The number of nitrogens with one attached hydrogen (secondary N) is 1. The number of carbonyl (C=O) groups is 3. The summed E-state index contributed by atoms with van der Waals surface area (Å²) in [6.45, 7) is 3.59. The van der Waals surface area contributed by atoms with Crippen molar-refractivity contribution in [3.05, 3.63) is 16.0 Å². The van der Waals surface area contributed by atoms with E-state index in [1.54, 1.807) is 6.92 Å². The second kappa shape index (κ2) is 7.19. The van der Waals surface area contributed by atoms with Crippen molar-refractivity contribution < 1.29 is 24.2 Å². The lowest BCUT2D eigenvalue weighted by Gasteiger charge is -2.11. The van der Waals surface area contributed by atoms with Crippen LogP contribution in [0.2, 0.25) is 0 Å². The number of carboxylic acids is 1. The zero-order chi connectivity index (χ0) is 16.2. The van der Waals surface area contributed by atoms with Gasteiger partial charge in [-0.1, -0.05) is 0 Å². The highest BCUT2D eigenvalue weighted by Gasteiger charge is 2.23. The zero-order valence-corrected chi connectivity index (χ0v) is 12.9. The first-order chi connectivity index (χ1) is 9.77. The Hall–Kier alpha value is -1.93. The van der Waals surface area contributed by atoms with Crippen molar-refractivity contribution in [3.63, 3.8) is 0 Å². The van der Waals surface area contributed by atoms with Gasteiger partial charge in [-0.3, -0.25) is 9.59 Å². The van der Waals surface area contributed by atoms with Gasteiger partial charge in [0.1, 0.15) is 5.00 Å². The summed E-state index contributed by atoms with van der Waals surface area (Å²) in [6, 6.07) is -0.950. The fourth-order valence-electron chi connectivity index (χ4n) is 1.68. The minimum absolute atomic E-state index is 0.0259. The summed E-state index contributed by atoms with van der Waals surface area (Å²) in [4.78, 5) is 35.0. The molecule has 0 bridgehead atoms. The van der Waals surface area contributed by atoms with Crippen molar-refractivity contribution in [3.8, 4) is 0 Å². The van der Waals surface area contributed by atoms with Gasteiger partial charge >= 0.3 is 11.9 Å². The second-order valence-electron chi connectivity index (χ2n) is 4.51. The third-order valence-corrected chi connectivity index (χ3v) is 4.14. The van der Waals surface area contributed by atoms with Gasteiger partial charge in [0, 0.05) is 11.3 Å². The summed E-state index contributed by atoms with van der Waals surface area (Å²) in [5, 5.41) is 11.5. The number of rotatable bonds is 6. The zero-order valence-electron chi connectivity index (χ0n) is 12.1. The Balaban J connectivity index is 2.87. The molecule has 1 heterocycles. The molecular weight excluding hydrogens is 296 g/mol. The maximum atomic E-state index is 11.9. The maximum absolute atomic E-state index is 11.9. The summed E-state index contributed by atoms with van der Waals surface area (Å²) in [7, 11) is 1.26. The van der Waals surface area contributed by atoms with Crippen molar-refractivity contribution in [2.45, 2.75) is 32.7 Å². The fourth-order valence-corrected chi connectivity index (χ4v) is 2.73. The summed E-state index contributed by atoms with van der Waals surface area (Å²) in [5.41, 5.74) is 6.67. The van der Waals surface area contributed by atoms with E-state index < -0.39 is 23.9 Å². The van der Waals surface area contributed by atoms with Crippen LogP contribution in [-0.4, -0.2) is 36.1 Å². The van der Waals surface area contributed by atoms with E-state index in [-0.39, 0.29) is 12.8 Å². The van der Waals surface area contributed by atoms with E-state index in [1.165, 1.54) is 18.4 Å². The lowest BCUT2D eigenvalue weighted by molar-refractivity contribution is -0.137. The van der Waals surface area contributed by atoms with Crippen LogP contribution in [-0.2, 0) is 14.3 Å². The van der Waals surface area contributed by atoms with Gasteiger partial charge in [0.2, 0.25) is 5.91 Å². The molecule has 1 aromatic rings. The first-order valence-electron chi connectivity index (χ1n) is 6.24. The molecule has 0 aromatic carbocycles. The first-order valence-corrected chi connectivity index (χ1v) is 7.06. The van der Waals surface area contributed by atoms with Crippen molar-refractivity contribution in [2.75, 3.05) is 12.4 Å². The predicted molar refractivity (Wildman–Crippen MR) is 78.6 cm³/mol. The number of ether oxygens (including phenoxy) is 1. The van der Waals surface area contributed by atoms with E-state index in [9.17, 15) is 14.4 Å². The van der Waals surface area contributed by atoms with E-state index in [1.807, 2.05) is 6.92 Å². The molecule has 21 heavy (non-hydrogen) atoms. The second-order valence-corrected chi connectivity index (χ2v) is 5.73. The molecule has 1 unspecified atom stereocenters. The lowest BCUT2D eigenvalue weighted by atomic mass is 10.1. The number of nitrogens with two attached hydrogens (primary N) is 1. The highest BCUT2D eigenvalue weighted by molar-refractivity contribution is 7.16. The van der Waals surface area contributed by atoms with Crippen molar-refractivity contribution in [1.82, 2.24) is 0 Å². The number of anilines is 1. The van der Waals surface area contributed by atoms with E-state index in [2.05, 4.69) is 5.32 Å². The molecule has 0 aliphatic carbocycles. The normalized spacial score (nSPS) is 11.8. The number of carboxylic acid groups (broad SMARTS) is 1. The van der Waals surface area contributed by atoms with E-state index in [4.69, 9.17) is 15.6 Å². The Morgan fingerprint density at radius 2 is 2.00 bits per heavy atom. The molecule has 116 valence electrons. The van der Waals surface area contributed by atoms with Crippen molar-refractivity contribution in [1.29, 1.82) is 0 Å². The van der Waals surface area contributed by atoms with Gasteiger partial charge < -0.3 is 20.9 Å². The number of aryl methyl sites for hydroxylation is 1. The number of carbonyl (C=O) groups excluding carboxylic acids is 2. The molecule has 7 nitrogen and oxygen atoms in total. The summed E-state index contributed by atoms with van der Waals surface area (Å²) in [6.07, 6.45) is -0.168. The number of amides is 1. The van der Waals surface area contributed by atoms with Crippen molar-refractivity contribution >= 4 is 34.2 Å². The van der Waals surface area contributed by atoms with Gasteiger partial charge in [-0.05, 0) is 25.8 Å². The number of hydrogen-bond acceptors (Lipinski definition) is 6. The Kier molecular flexibility index (Phi) is 5.86. The number of thiophene rings is 1. The largest absolute Gasteiger partial charge is 0.481 e. The van der Waals surface area contributed by atoms with Crippen LogP contribution in [0.4, 0.5) is 5.00 Å². The predicted octanol–water partition coefficient (Wildman–Crippen LogP) is 1.28. The van der Waals surface area contributed by atoms with Crippen molar-refractivity contribution in [2.24, 2.45) is 5.73 Å². The van der Waals surface area contributed by atoms with Crippen LogP contribution >= 0.6 is 11.3 Å². The van der Waals surface area contributed by atoms with Crippen LogP contribution in [0.15, 0.2) is 0 Å². The molecule has 0 aliphatic heterocycles. The average molecular weight is 314 g/mol. The van der Waals surface area contributed by atoms with Gasteiger partial charge in [0.15, 0.2) is 0 Å². The SMILES string of the molecule is COC(=O)c1c(NC(=O)C(N)CCC(=O)O)sc(C)c1C. The standard InChI is InChI=1S/C13H18N2O5S/c1-6-7(2)21-12(10(6)13(19)20-3)15-11(18)8(14)4-5-9(16)17/h8H,4-5,14H2,1-3H3,(H,15,18)(H,16,17). The van der Waals surface area contributed by atoms with Crippen LogP contribution in [0.1, 0.15) is 33.6 Å². The summed E-state index contributed by atoms with van der Waals surface area (Å²) < 4.78 is 4.70. The summed E-state index contributed by atoms with van der Waals surface area (Å²) >= 11 is 1.25. The van der Waals surface area contributed by atoms with Gasteiger partial charge in [0.05, 0.1) is 18.7 Å². The Morgan fingerprint density at radius 1 is 1.38 bits per heavy atom. The number of methoxy groups -OCH3 is 1. The molecule has 1 rings (SSSR count). The molecule has 0 spiro atoms. The van der Waals surface area contributed by atoms with Gasteiger partial charge in [-0.2, -0.15) is 0 Å². The monoisotopic (exact) mass is 314 g/mol. The van der Waals surface area contributed by atoms with Crippen LogP contribution < -0.4 is 11.1 Å². The third-order valence-electron chi connectivity index (χ3n) is 3.02. The Bertz CT molecular complexity index is 567. The smallest absolute Gasteiger partial charge is 0.341 e. The van der Waals surface area contributed by atoms with Gasteiger partial charge in [-0.15, -0.1) is 11.3 Å². The molecule has 0 saturated heterocycles. The molecule has 4 N–H and O–H groups in total. The first kappa shape index (κ1) is 17.1. The fraction of sp³-hybridized carbons (Fsp3) is 0.462. The quantitative estimate of drug-likeness (QED) is 0.681. The van der Waals surface area contributed by atoms with E-state index in [0.29, 0.717) is 10.6 Å². The topological polar surface area (TPSA) is 119 Å². The third kappa shape index (κ3) is 4.27. The Morgan fingerprint density at radius 3 is 2.52 bits per heavy atom. The maximum Gasteiger partial charge on any atom is 0.341 e. The Labute approximate surface area is 126 Å². The molecular formula is C13H18N2O5S. The highest BCUT2D eigenvalue weighted by atomic mass is 32.1. The van der Waals surface area contributed by atoms with Crippen LogP contribution in [0.5, 0.6) is 0 Å². The molecule has 0 fully saturated rings. The molecule has 0 radical (unpaired) electrons.